The molecule has 0 saturated heterocycles. The number of hydrogen-bond donors (Lipinski definition) is 1. The first-order valence-electron chi connectivity index (χ1n) is 7.96. The van der Waals surface area contributed by atoms with Crippen LogP contribution in [0.1, 0.15) is 25.7 Å². The SMILES string of the molecule is O=C(Cn1ccn(S(=O)(=O)c2ccc(Cl)cc2)c1=O)NC1CCCC1. The maximum atomic E-state index is 12.5. The molecule has 1 N–H and O–H groups in total. The van der Waals surface area contributed by atoms with Crippen molar-refractivity contribution in [3.63, 3.8) is 0 Å². The fourth-order valence-electron chi connectivity index (χ4n) is 2.92. The molecule has 1 aromatic heterocycles. The Labute approximate surface area is 150 Å². The molecule has 0 bridgehead atoms. The van der Waals surface area contributed by atoms with Gasteiger partial charge in [-0.1, -0.05) is 24.4 Å². The molecular formula is C16H18ClN3O4S. The number of rotatable bonds is 5. The number of imidazole rings is 1. The summed E-state index contributed by atoms with van der Waals surface area (Å²) in [6, 6.07) is 5.67. The Morgan fingerprint density at radius 3 is 2.44 bits per heavy atom. The van der Waals surface area contributed by atoms with E-state index in [0.29, 0.717) is 9.00 Å². The highest BCUT2D eigenvalue weighted by Crippen LogP contribution is 2.18. The fourth-order valence-corrected chi connectivity index (χ4v) is 4.28. The van der Waals surface area contributed by atoms with Crippen LogP contribution >= 0.6 is 11.6 Å². The van der Waals surface area contributed by atoms with Crippen LogP contribution in [0, 0.1) is 0 Å². The Balaban J connectivity index is 1.79. The number of carbonyl (C=O) groups is 1. The molecule has 1 amide bonds. The number of carbonyl (C=O) groups excluding carboxylic acids is 1. The summed E-state index contributed by atoms with van der Waals surface area (Å²) in [5.41, 5.74) is -0.781. The summed E-state index contributed by atoms with van der Waals surface area (Å²) in [5, 5.41) is 3.26. The summed E-state index contributed by atoms with van der Waals surface area (Å²) in [7, 11) is -4.03. The minimum Gasteiger partial charge on any atom is -0.352 e. The lowest BCUT2D eigenvalue weighted by atomic mass is 10.2. The summed E-state index contributed by atoms with van der Waals surface area (Å²) >= 11 is 5.76. The Morgan fingerprint density at radius 2 is 1.80 bits per heavy atom. The lowest BCUT2D eigenvalue weighted by molar-refractivity contribution is -0.122. The van der Waals surface area contributed by atoms with Crippen LogP contribution in [0.4, 0.5) is 0 Å². The van der Waals surface area contributed by atoms with Crippen molar-refractivity contribution >= 4 is 27.5 Å². The number of aromatic nitrogens is 2. The molecule has 7 nitrogen and oxygen atoms in total. The molecule has 2 aromatic rings. The van der Waals surface area contributed by atoms with Crippen LogP contribution in [0.3, 0.4) is 0 Å². The van der Waals surface area contributed by atoms with Crippen molar-refractivity contribution in [3.05, 3.63) is 52.2 Å². The summed E-state index contributed by atoms with van der Waals surface area (Å²) in [5.74, 6) is -0.296. The topological polar surface area (TPSA) is 90.2 Å². The van der Waals surface area contributed by atoms with E-state index in [2.05, 4.69) is 5.32 Å². The second-order valence-corrected chi connectivity index (χ2v) is 8.26. The van der Waals surface area contributed by atoms with E-state index in [9.17, 15) is 18.0 Å². The predicted molar refractivity (Wildman–Crippen MR) is 93.1 cm³/mol. The normalized spacial score (nSPS) is 15.4. The third-order valence-electron chi connectivity index (χ3n) is 4.22. The third-order valence-corrected chi connectivity index (χ3v) is 6.14. The standard InChI is InChI=1S/C16H18ClN3O4S/c17-12-5-7-14(8-6-12)25(23,24)20-10-9-19(16(20)22)11-15(21)18-13-3-1-2-4-13/h5-10,13H,1-4,11H2,(H,18,21). The highest BCUT2D eigenvalue weighted by Gasteiger charge is 2.22. The van der Waals surface area contributed by atoms with Gasteiger partial charge in [-0.2, -0.15) is 3.97 Å². The Bertz CT molecular complexity index is 925. The average Bonchev–Trinajstić information content (AvgIpc) is 3.19. The Kier molecular flexibility index (Phi) is 5.01. The first-order valence-corrected chi connectivity index (χ1v) is 9.78. The van der Waals surface area contributed by atoms with Gasteiger partial charge in [0.15, 0.2) is 0 Å². The van der Waals surface area contributed by atoms with E-state index in [1.165, 1.54) is 30.5 Å². The van der Waals surface area contributed by atoms with E-state index in [0.717, 1.165) is 36.4 Å². The van der Waals surface area contributed by atoms with E-state index in [4.69, 9.17) is 11.6 Å². The minimum atomic E-state index is -4.03. The number of nitrogens with zero attached hydrogens (tertiary/aromatic N) is 2. The molecule has 0 aliphatic heterocycles. The summed E-state index contributed by atoms with van der Waals surface area (Å²) < 4.78 is 26.8. The van der Waals surface area contributed by atoms with Gasteiger partial charge in [0.1, 0.15) is 6.54 Å². The van der Waals surface area contributed by atoms with E-state index >= 15 is 0 Å². The smallest absolute Gasteiger partial charge is 0.342 e. The molecule has 1 aliphatic rings. The average molecular weight is 384 g/mol. The maximum absolute atomic E-state index is 12.5. The number of hydrogen-bond acceptors (Lipinski definition) is 4. The van der Waals surface area contributed by atoms with Gasteiger partial charge in [0.25, 0.3) is 10.0 Å². The van der Waals surface area contributed by atoms with Crippen LogP contribution in [-0.4, -0.2) is 28.9 Å². The van der Waals surface area contributed by atoms with Crippen molar-refractivity contribution in [3.8, 4) is 0 Å². The molecule has 0 spiro atoms. The van der Waals surface area contributed by atoms with E-state index in [-0.39, 0.29) is 23.4 Å². The molecule has 1 fully saturated rings. The maximum Gasteiger partial charge on any atom is 0.342 e. The van der Waals surface area contributed by atoms with Crippen LogP contribution in [0.15, 0.2) is 46.3 Å². The second-order valence-electron chi connectivity index (χ2n) is 6.01. The van der Waals surface area contributed by atoms with Crippen molar-refractivity contribution in [2.75, 3.05) is 0 Å². The monoisotopic (exact) mass is 383 g/mol. The molecule has 1 saturated carbocycles. The minimum absolute atomic E-state index is 0.0489. The van der Waals surface area contributed by atoms with Gasteiger partial charge < -0.3 is 5.32 Å². The van der Waals surface area contributed by atoms with Crippen LogP contribution in [0.2, 0.25) is 5.02 Å². The quantitative estimate of drug-likeness (QED) is 0.849. The Hall–Kier alpha value is -2.06. The highest BCUT2D eigenvalue weighted by atomic mass is 35.5. The molecule has 0 radical (unpaired) electrons. The molecular weight excluding hydrogens is 366 g/mol. The Morgan fingerprint density at radius 1 is 1.16 bits per heavy atom. The van der Waals surface area contributed by atoms with Gasteiger partial charge in [-0.05, 0) is 37.1 Å². The lowest BCUT2D eigenvalue weighted by Crippen LogP contribution is -2.38. The molecule has 0 atom stereocenters. The van der Waals surface area contributed by atoms with E-state index in [1.54, 1.807) is 0 Å². The van der Waals surface area contributed by atoms with E-state index in [1.807, 2.05) is 0 Å². The molecule has 1 heterocycles. The van der Waals surface area contributed by atoms with Gasteiger partial charge in [-0.15, -0.1) is 0 Å². The fraction of sp³-hybridized carbons (Fsp3) is 0.375. The molecule has 134 valence electrons. The van der Waals surface area contributed by atoms with Crippen molar-refractivity contribution in [1.29, 1.82) is 0 Å². The number of benzene rings is 1. The van der Waals surface area contributed by atoms with Crippen LogP contribution in [-0.2, 0) is 21.4 Å². The van der Waals surface area contributed by atoms with Crippen LogP contribution < -0.4 is 11.0 Å². The van der Waals surface area contributed by atoms with Crippen molar-refractivity contribution in [2.45, 2.75) is 43.2 Å². The van der Waals surface area contributed by atoms with Gasteiger partial charge in [-0.25, -0.2) is 13.2 Å². The first-order chi connectivity index (χ1) is 11.9. The van der Waals surface area contributed by atoms with Crippen molar-refractivity contribution < 1.29 is 13.2 Å². The molecule has 0 unspecified atom stereocenters. The van der Waals surface area contributed by atoms with Crippen LogP contribution in [0.5, 0.6) is 0 Å². The number of halogens is 1. The summed E-state index contributed by atoms with van der Waals surface area (Å²) in [6.07, 6.45) is 6.49. The van der Waals surface area contributed by atoms with Gasteiger partial charge in [0.05, 0.1) is 4.90 Å². The highest BCUT2D eigenvalue weighted by molar-refractivity contribution is 7.90. The van der Waals surface area contributed by atoms with Gasteiger partial charge in [-0.3, -0.25) is 9.36 Å². The van der Waals surface area contributed by atoms with Gasteiger partial charge >= 0.3 is 5.69 Å². The van der Waals surface area contributed by atoms with Crippen molar-refractivity contribution in [2.24, 2.45) is 0 Å². The molecule has 1 aliphatic carbocycles. The summed E-state index contributed by atoms with van der Waals surface area (Å²) in [6.45, 7) is -0.210. The zero-order valence-corrected chi connectivity index (χ0v) is 15.0. The summed E-state index contributed by atoms with van der Waals surface area (Å²) in [4.78, 5) is 24.4. The first kappa shape index (κ1) is 17.8. The third kappa shape index (κ3) is 3.80. The van der Waals surface area contributed by atoms with Gasteiger partial charge in [0, 0.05) is 23.5 Å². The largest absolute Gasteiger partial charge is 0.352 e. The second kappa shape index (κ2) is 7.05. The van der Waals surface area contributed by atoms with Crippen molar-refractivity contribution in [1.82, 2.24) is 13.9 Å². The molecule has 1 aromatic carbocycles. The number of nitrogens with one attached hydrogen (secondary N) is 1. The van der Waals surface area contributed by atoms with E-state index < -0.39 is 15.7 Å². The molecule has 25 heavy (non-hydrogen) atoms. The predicted octanol–water partition coefficient (Wildman–Crippen LogP) is 1.60. The van der Waals surface area contributed by atoms with Gasteiger partial charge in [0.2, 0.25) is 5.91 Å². The molecule has 3 rings (SSSR count). The van der Waals surface area contributed by atoms with Crippen LogP contribution in [0.25, 0.3) is 0 Å². The lowest BCUT2D eigenvalue weighted by Gasteiger charge is -2.11. The zero-order chi connectivity index (χ0) is 18.0. The number of amides is 1. The zero-order valence-electron chi connectivity index (χ0n) is 13.4. The molecule has 9 heteroatoms.